The van der Waals surface area contributed by atoms with Gasteiger partial charge in [-0.2, -0.15) is 4.31 Å². The topological polar surface area (TPSA) is 79.4 Å². The van der Waals surface area contributed by atoms with Gasteiger partial charge < -0.3 is 5.32 Å². The van der Waals surface area contributed by atoms with Crippen molar-refractivity contribution in [2.75, 3.05) is 18.8 Å². The molecule has 0 bridgehead atoms. The first-order valence-electron chi connectivity index (χ1n) is 10.2. The number of hydrogen-bond acceptors (Lipinski definition) is 5. The van der Waals surface area contributed by atoms with Gasteiger partial charge in [-0.25, -0.2) is 13.4 Å². The fourth-order valence-electron chi connectivity index (χ4n) is 3.30. The molecule has 164 valence electrons. The van der Waals surface area contributed by atoms with Gasteiger partial charge in [-0.05, 0) is 41.5 Å². The van der Waals surface area contributed by atoms with Gasteiger partial charge in [0.15, 0.2) is 0 Å². The van der Waals surface area contributed by atoms with Gasteiger partial charge >= 0.3 is 0 Å². The standard InChI is InChI=1S/C23H27N3O3S2/c1-4-26(5-2)31(28,29)21-12-13-23(24-15-21)30-16-22(27)25-17(3)19-11-10-18-8-6-7-9-20(18)14-19/h6-15,17H,4-5,16H2,1-3H3,(H,25,27)/t17-/m1/s1. The van der Waals surface area contributed by atoms with Crippen molar-refractivity contribution in [2.45, 2.75) is 36.7 Å². The van der Waals surface area contributed by atoms with Crippen molar-refractivity contribution in [3.05, 3.63) is 66.4 Å². The molecule has 3 rings (SSSR count). The Morgan fingerprint density at radius 3 is 2.42 bits per heavy atom. The third kappa shape index (κ3) is 5.64. The molecule has 0 fully saturated rings. The molecule has 0 aliphatic rings. The lowest BCUT2D eigenvalue weighted by Gasteiger charge is -2.18. The molecule has 2 aromatic carbocycles. The van der Waals surface area contributed by atoms with Crippen molar-refractivity contribution >= 4 is 38.5 Å². The summed E-state index contributed by atoms with van der Waals surface area (Å²) in [6, 6.07) is 17.3. The van der Waals surface area contributed by atoms with Crippen LogP contribution in [0.25, 0.3) is 10.8 Å². The summed E-state index contributed by atoms with van der Waals surface area (Å²) in [5, 5.41) is 5.91. The molecule has 1 aromatic heterocycles. The van der Waals surface area contributed by atoms with Crippen LogP contribution in [0.15, 0.2) is 70.7 Å². The SMILES string of the molecule is CCN(CC)S(=O)(=O)c1ccc(SCC(=O)N[C@H](C)c2ccc3ccccc3c2)nc1. The van der Waals surface area contributed by atoms with Crippen LogP contribution in [0.3, 0.4) is 0 Å². The summed E-state index contributed by atoms with van der Waals surface area (Å²) in [6.45, 7) is 6.38. The van der Waals surface area contributed by atoms with Crippen LogP contribution >= 0.6 is 11.8 Å². The molecule has 31 heavy (non-hydrogen) atoms. The smallest absolute Gasteiger partial charge is 0.244 e. The Kier molecular flexibility index (Phi) is 7.69. The molecule has 0 unspecified atom stereocenters. The minimum absolute atomic E-state index is 0.104. The second kappa shape index (κ2) is 10.3. The minimum Gasteiger partial charge on any atom is -0.349 e. The predicted octanol–water partition coefficient (Wildman–Crippen LogP) is 4.23. The van der Waals surface area contributed by atoms with Gasteiger partial charge in [0.2, 0.25) is 15.9 Å². The normalized spacial score (nSPS) is 12.8. The van der Waals surface area contributed by atoms with E-state index < -0.39 is 10.0 Å². The maximum atomic E-state index is 12.5. The second-order valence-corrected chi connectivity index (χ2v) is 10.0. The average Bonchev–Trinajstić information content (AvgIpc) is 2.78. The molecule has 1 atom stereocenters. The van der Waals surface area contributed by atoms with E-state index in [0.29, 0.717) is 18.1 Å². The van der Waals surface area contributed by atoms with E-state index in [9.17, 15) is 13.2 Å². The van der Waals surface area contributed by atoms with Crippen molar-refractivity contribution in [3.8, 4) is 0 Å². The van der Waals surface area contributed by atoms with Gasteiger partial charge in [0.25, 0.3) is 0 Å². The van der Waals surface area contributed by atoms with E-state index >= 15 is 0 Å². The van der Waals surface area contributed by atoms with Crippen LogP contribution in [0.1, 0.15) is 32.4 Å². The number of rotatable bonds is 9. The number of carbonyl (C=O) groups is 1. The number of hydrogen-bond donors (Lipinski definition) is 1. The lowest BCUT2D eigenvalue weighted by Crippen LogP contribution is -2.30. The molecule has 0 aliphatic carbocycles. The quantitative estimate of drug-likeness (QED) is 0.486. The largest absolute Gasteiger partial charge is 0.349 e. The van der Waals surface area contributed by atoms with E-state index in [2.05, 4.69) is 34.6 Å². The lowest BCUT2D eigenvalue weighted by molar-refractivity contribution is -0.119. The third-order valence-corrected chi connectivity index (χ3v) is 8.03. The minimum atomic E-state index is -3.53. The number of thioether (sulfide) groups is 1. The Bertz CT molecular complexity index is 1140. The highest BCUT2D eigenvalue weighted by Crippen LogP contribution is 2.22. The zero-order valence-corrected chi connectivity index (χ0v) is 19.5. The number of nitrogens with one attached hydrogen (secondary N) is 1. The van der Waals surface area contributed by atoms with Crippen molar-refractivity contribution < 1.29 is 13.2 Å². The highest BCUT2D eigenvalue weighted by molar-refractivity contribution is 7.99. The molecule has 0 spiro atoms. The highest BCUT2D eigenvalue weighted by atomic mass is 32.2. The van der Waals surface area contributed by atoms with Crippen molar-refractivity contribution in [2.24, 2.45) is 0 Å². The summed E-state index contributed by atoms with van der Waals surface area (Å²) in [4.78, 5) is 16.8. The number of carbonyl (C=O) groups excluding carboxylic acids is 1. The Morgan fingerprint density at radius 1 is 1.06 bits per heavy atom. The van der Waals surface area contributed by atoms with E-state index in [0.717, 1.165) is 16.3 Å². The van der Waals surface area contributed by atoms with E-state index in [1.165, 1.54) is 22.3 Å². The van der Waals surface area contributed by atoms with Gasteiger partial charge in [-0.1, -0.05) is 62.0 Å². The highest BCUT2D eigenvalue weighted by Gasteiger charge is 2.21. The average molecular weight is 458 g/mol. The number of fused-ring (bicyclic) bond motifs is 1. The summed E-state index contributed by atoms with van der Waals surface area (Å²) in [7, 11) is -3.53. The van der Waals surface area contributed by atoms with Crippen LogP contribution in [-0.4, -0.2) is 42.5 Å². The molecule has 0 saturated carbocycles. The van der Waals surface area contributed by atoms with Crippen molar-refractivity contribution in [1.29, 1.82) is 0 Å². The number of benzene rings is 2. The third-order valence-electron chi connectivity index (χ3n) is 5.05. The molecule has 6 nitrogen and oxygen atoms in total. The molecule has 3 aromatic rings. The second-order valence-electron chi connectivity index (χ2n) is 7.11. The Balaban J connectivity index is 1.57. The van der Waals surface area contributed by atoms with Crippen LogP contribution in [-0.2, 0) is 14.8 Å². The summed E-state index contributed by atoms with van der Waals surface area (Å²) >= 11 is 1.28. The molecule has 1 amide bonds. The molecule has 0 aliphatic heterocycles. The Morgan fingerprint density at radius 2 is 1.77 bits per heavy atom. The maximum absolute atomic E-state index is 12.5. The molecule has 8 heteroatoms. The van der Waals surface area contributed by atoms with Gasteiger partial charge in [-0.3, -0.25) is 4.79 Å². The van der Waals surface area contributed by atoms with Crippen LogP contribution in [0.2, 0.25) is 0 Å². The maximum Gasteiger partial charge on any atom is 0.244 e. The van der Waals surface area contributed by atoms with Crippen LogP contribution in [0.5, 0.6) is 0 Å². The predicted molar refractivity (Wildman–Crippen MR) is 126 cm³/mol. The fourth-order valence-corrected chi connectivity index (χ4v) is 5.36. The fraction of sp³-hybridized carbons (Fsp3) is 0.304. The van der Waals surface area contributed by atoms with Crippen LogP contribution < -0.4 is 5.32 Å². The first-order chi connectivity index (χ1) is 14.8. The summed E-state index contributed by atoms with van der Waals surface area (Å²) < 4.78 is 26.4. The lowest BCUT2D eigenvalue weighted by atomic mass is 10.0. The molecular weight excluding hydrogens is 430 g/mol. The Labute approximate surface area is 188 Å². The number of pyridine rings is 1. The van der Waals surface area contributed by atoms with Crippen LogP contribution in [0, 0.1) is 0 Å². The van der Waals surface area contributed by atoms with Gasteiger partial charge in [-0.15, -0.1) is 0 Å². The van der Waals surface area contributed by atoms with Gasteiger partial charge in [0.05, 0.1) is 16.8 Å². The molecule has 0 saturated heterocycles. The first-order valence-corrected chi connectivity index (χ1v) is 12.6. The zero-order chi connectivity index (χ0) is 22.4. The summed E-state index contributed by atoms with van der Waals surface area (Å²) in [6.07, 6.45) is 1.35. The van der Waals surface area contributed by atoms with E-state index in [1.807, 2.05) is 25.1 Å². The van der Waals surface area contributed by atoms with E-state index in [1.54, 1.807) is 26.0 Å². The molecule has 0 radical (unpaired) electrons. The van der Waals surface area contributed by atoms with Crippen molar-refractivity contribution in [1.82, 2.24) is 14.6 Å². The van der Waals surface area contributed by atoms with E-state index in [4.69, 9.17) is 0 Å². The summed E-state index contributed by atoms with van der Waals surface area (Å²) in [5.74, 6) is 0.0971. The molecule has 1 N–H and O–H groups in total. The van der Waals surface area contributed by atoms with Gasteiger partial charge in [0.1, 0.15) is 4.90 Å². The summed E-state index contributed by atoms with van der Waals surface area (Å²) in [5.41, 5.74) is 1.04. The number of amides is 1. The van der Waals surface area contributed by atoms with E-state index in [-0.39, 0.29) is 22.6 Å². The van der Waals surface area contributed by atoms with Crippen molar-refractivity contribution in [3.63, 3.8) is 0 Å². The molecular formula is C23H27N3O3S2. The first kappa shape index (κ1) is 23.2. The Hall–Kier alpha value is -2.42. The number of nitrogens with zero attached hydrogens (tertiary/aromatic N) is 2. The number of aromatic nitrogens is 1. The van der Waals surface area contributed by atoms with Crippen LogP contribution in [0.4, 0.5) is 0 Å². The molecule has 1 heterocycles. The monoisotopic (exact) mass is 457 g/mol. The zero-order valence-electron chi connectivity index (χ0n) is 17.9. The van der Waals surface area contributed by atoms with Gasteiger partial charge in [0, 0.05) is 19.3 Å². The number of sulfonamides is 1.